The third-order valence-electron chi connectivity index (χ3n) is 5.01. The van der Waals surface area contributed by atoms with Gasteiger partial charge in [-0.25, -0.2) is 4.68 Å². The first-order valence-electron chi connectivity index (χ1n) is 9.11. The highest BCUT2D eigenvalue weighted by Crippen LogP contribution is 2.24. The molecule has 1 aliphatic heterocycles. The Balaban J connectivity index is 1.73. The van der Waals surface area contributed by atoms with E-state index >= 15 is 0 Å². The third kappa shape index (κ3) is 3.26. The van der Waals surface area contributed by atoms with Gasteiger partial charge in [-0.05, 0) is 6.07 Å². The molecule has 0 atom stereocenters. The number of piperazine rings is 1. The highest BCUT2D eigenvalue weighted by atomic mass is 16.2. The molecule has 7 heteroatoms. The monoisotopic (exact) mass is 376 g/mol. The molecule has 2 aromatic carbocycles. The van der Waals surface area contributed by atoms with Gasteiger partial charge < -0.3 is 9.80 Å². The minimum absolute atomic E-state index is 0.0310. The molecule has 2 heterocycles. The van der Waals surface area contributed by atoms with Crippen molar-refractivity contribution in [1.82, 2.24) is 19.6 Å². The van der Waals surface area contributed by atoms with Gasteiger partial charge in [0.25, 0.3) is 5.56 Å². The zero-order valence-electron chi connectivity index (χ0n) is 15.5. The molecule has 1 fully saturated rings. The van der Waals surface area contributed by atoms with Crippen molar-refractivity contribution < 1.29 is 9.59 Å². The van der Waals surface area contributed by atoms with Crippen LogP contribution in [0.15, 0.2) is 59.4 Å². The lowest BCUT2D eigenvalue weighted by atomic mass is 10.1. The summed E-state index contributed by atoms with van der Waals surface area (Å²) in [5.41, 5.74) is 1.21. The van der Waals surface area contributed by atoms with Crippen LogP contribution in [0, 0.1) is 0 Å². The van der Waals surface area contributed by atoms with Gasteiger partial charge in [0.2, 0.25) is 11.8 Å². The number of fused-ring (bicyclic) bond motifs is 1. The molecule has 142 valence electrons. The molecule has 2 amide bonds. The average Bonchev–Trinajstić information content (AvgIpc) is 2.72. The molecular weight excluding hydrogens is 356 g/mol. The quantitative estimate of drug-likeness (QED) is 0.692. The zero-order chi connectivity index (χ0) is 19.7. The van der Waals surface area contributed by atoms with Crippen molar-refractivity contribution in [2.75, 3.05) is 26.7 Å². The van der Waals surface area contributed by atoms with E-state index in [9.17, 15) is 14.4 Å². The molecule has 3 aromatic rings. The van der Waals surface area contributed by atoms with Crippen LogP contribution in [0.4, 0.5) is 0 Å². The standard InChI is InChI=1S/C21H20N4O3/c1-23-11-12-24(13-18(23)26)19(27)14-25-21(28)17-10-6-5-9-16(17)20(22-25)15-7-3-2-4-8-15/h2-10H,11-14H2,1H3. The summed E-state index contributed by atoms with van der Waals surface area (Å²) in [5, 5.41) is 5.76. The summed E-state index contributed by atoms with van der Waals surface area (Å²) in [6.07, 6.45) is 0. The Morgan fingerprint density at radius 2 is 1.64 bits per heavy atom. The molecule has 0 saturated carbocycles. The van der Waals surface area contributed by atoms with Crippen molar-refractivity contribution in [3.63, 3.8) is 0 Å². The second-order valence-corrected chi connectivity index (χ2v) is 6.85. The maximum atomic E-state index is 12.9. The summed E-state index contributed by atoms with van der Waals surface area (Å²) in [4.78, 5) is 40.6. The predicted molar refractivity (Wildman–Crippen MR) is 106 cm³/mol. The number of carbonyl (C=O) groups excluding carboxylic acids is 2. The van der Waals surface area contributed by atoms with Gasteiger partial charge in [0.1, 0.15) is 6.54 Å². The Morgan fingerprint density at radius 1 is 0.964 bits per heavy atom. The number of amides is 2. The second kappa shape index (κ2) is 7.26. The third-order valence-corrected chi connectivity index (χ3v) is 5.01. The number of hydrogen-bond donors (Lipinski definition) is 0. The van der Waals surface area contributed by atoms with Gasteiger partial charge in [-0.3, -0.25) is 14.4 Å². The van der Waals surface area contributed by atoms with Crippen LogP contribution in [-0.2, 0) is 16.1 Å². The van der Waals surface area contributed by atoms with Crippen molar-refractivity contribution in [3.05, 3.63) is 65.0 Å². The lowest BCUT2D eigenvalue weighted by Gasteiger charge is -2.32. The van der Waals surface area contributed by atoms with Crippen molar-refractivity contribution in [2.45, 2.75) is 6.54 Å². The van der Waals surface area contributed by atoms with E-state index in [2.05, 4.69) is 5.10 Å². The molecule has 1 aromatic heterocycles. The summed E-state index contributed by atoms with van der Waals surface area (Å²) in [6.45, 7) is 0.776. The van der Waals surface area contributed by atoms with Crippen LogP contribution in [0.25, 0.3) is 22.0 Å². The fraction of sp³-hybridized carbons (Fsp3) is 0.238. The van der Waals surface area contributed by atoms with Crippen LogP contribution in [0.5, 0.6) is 0 Å². The van der Waals surface area contributed by atoms with E-state index in [1.165, 1.54) is 9.58 Å². The van der Waals surface area contributed by atoms with Gasteiger partial charge in [-0.15, -0.1) is 0 Å². The molecule has 0 N–H and O–H groups in total. The molecule has 0 unspecified atom stereocenters. The van der Waals surface area contributed by atoms with E-state index in [1.807, 2.05) is 42.5 Å². The normalized spacial score (nSPS) is 14.5. The minimum atomic E-state index is -0.316. The average molecular weight is 376 g/mol. The van der Waals surface area contributed by atoms with Gasteiger partial charge in [0, 0.05) is 31.1 Å². The summed E-state index contributed by atoms with van der Waals surface area (Å²) in [7, 11) is 1.71. The molecule has 7 nitrogen and oxygen atoms in total. The van der Waals surface area contributed by atoms with Gasteiger partial charge in [0.05, 0.1) is 17.6 Å². The summed E-state index contributed by atoms with van der Waals surface area (Å²) in [6, 6.07) is 16.8. The minimum Gasteiger partial charge on any atom is -0.342 e. The lowest BCUT2D eigenvalue weighted by Crippen LogP contribution is -2.51. The first-order chi connectivity index (χ1) is 13.5. The molecule has 0 aliphatic carbocycles. The first-order valence-corrected chi connectivity index (χ1v) is 9.11. The largest absolute Gasteiger partial charge is 0.342 e. The summed E-state index contributed by atoms with van der Waals surface area (Å²) >= 11 is 0. The van der Waals surface area contributed by atoms with Gasteiger partial charge in [-0.2, -0.15) is 5.10 Å². The molecule has 0 spiro atoms. The highest BCUT2D eigenvalue weighted by Gasteiger charge is 2.25. The van der Waals surface area contributed by atoms with Crippen LogP contribution in [0.3, 0.4) is 0 Å². The predicted octanol–water partition coefficient (Wildman–Crippen LogP) is 1.36. The number of nitrogens with zero attached hydrogens (tertiary/aromatic N) is 4. The Hall–Kier alpha value is -3.48. The van der Waals surface area contributed by atoms with Crippen molar-refractivity contribution in [1.29, 1.82) is 0 Å². The van der Waals surface area contributed by atoms with E-state index in [4.69, 9.17) is 0 Å². The number of rotatable bonds is 3. The van der Waals surface area contributed by atoms with E-state index in [-0.39, 0.29) is 30.5 Å². The summed E-state index contributed by atoms with van der Waals surface area (Å²) in [5.74, 6) is -0.395. The molecule has 28 heavy (non-hydrogen) atoms. The number of hydrogen-bond acceptors (Lipinski definition) is 4. The Kier molecular flexibility index (Phi) is 4.65. The van der Waals surface area contributed by atoms with Crippen LogP contribution < -0.4 is 5.56 Å². The molecule has 4 rings (SSSR count). The molecule has 0 radical (unpaired) electrons. The molecular formula is C21H20N4O3. The van der Waals surface area contributed by atoms with Crippen molar-refractivity contribution in [3.8, 4) is 11.3 Å². The van der Waals surface area contributed by atoms with Crippen molar-refractivity contribution in [2.24, 2.45) is 0 Å². The fourth-order valence-electron chi connectivity index (χ4n) is 3.35. The van der Waals surface area contributed by atoms with E-state index in [1.54, 1.807) is 24.1 Å². The lowest BCUT2D eigenvalue weighted by molar-refractivity contribution is -0.144. The fourth-order valence-corrected chi connectivity index (χ4v) is 3.35. The molecule has 1 saturated heterocycles. The van der Waals surface area contributed by atoms with E-state index in [0.717, 1.165) is 10.9 Å². The van der Waals surface area contributed by atoms with E-state index in [0.29, 0.717) is 24.2 Å². The maximum Gasteiger partial charge on any atom is 0.275 e. The van der Waals surface area contributed by atoms with Crippen LogP contribution in [0.1, 0.15) is 0 Å². The van der Waals surface area contributed by atoms with Crippen LogP contribution in [-0.4, -0.2) is 58.1 Å². The second-order valence-electron chi connectivity index (χ2n) is 6.85. The van der Waals surface area contributed by atoms with Crippen LogP contribution in [0.2, 0.25) is 0 Å². The number of likely N-dealkylation sites (N-methyl/N-ethyl adjacent to an activating group) is 1. The summed E-state index contributed by atoms with van der Waals surface area (Å²) < 4.78 is 1.20. The molecule has 1 aliphatic rings. The number of aromatic nitrogens is 2. The SMILES string of the molecule is CN1CCN(C(=O)Cn2nc(-c3ccccc3)c3ccccc3c2=O)CC1=O. The zero-order valence-corrected chi connectivity index (χ0v) is 15.5. The highest BCUT2D eigenvalue weighted by molar-refractivity contribution is 5.94. The Bertz CT molecular complexity index is 1110. The van der Waals surface area contributed by atoms with Gasteiger partial charge in [0.15, 0.2) is 0 Å². The smallest absolute Gasteiger partial charge is 0.275 e. The van der Waals surface area contributed by atoms with Crippen molar-refractivity contribution >= 4 is 22.6 Å². The Morgan fingerprint density at radius 3 is 2.36 bits per heavy atom. The van der Waals surface area contributed by atoms with Crippen LogP contribution >= 0.6 is 0 Å². The topological polar surface area (TPSA) is 75.5 Å². The Labute approximate surface area is 161 Å². The number of carbonyl (C=O) groups is 2. The first kappa shape index (κ1) is 17.9. The maximum absolute atomic E-state index is 12.9. The number of benzene rings is 2. The van der Waals surface area contributed by atoms with Gasteiger partial charge >= 0.3 is 0 Å². The molecule has 0 bridgehead atoms. The van der Waals surface area contributed by atoms with Gasteiger partial charge in [-0.1, -0.05) is 48.5 Å². The van der Waals surface area contributed by atoms with E-state index < -0.39 is 0 Å².